The molecule has 1 aromatic heterocycles. The molecule has 6 nitrogen and oxygen atoms in total. The zero-order valence-corrected chi connectivity index (χ0v) is 21.0. The molecule has 4 aromatic rings. The van der Waals surface area contributed by atoms with Gasteiger partial charge in [-0.05, 0) is 59.4 Å². The van der Waals surface area contributed by atoms with Crippen LogP contribution < -0.4 is 14.8 Å². The number of carbonyl (C=O) groups excluding carboxylic acids is 1. The highest BCUT2D eigenvalue weighted by molar-refractivity contribution is 6.32. The molecule has 2 heterocycles. The van der Waals surface area contributed by atoms with Gasteiger partial charge in [0.25, 0.3) is 0 Å². The number of fused-ring (bicyclic) bond motifs is 1. The van der Waals surface area contributed by atoms with E-state index in [1.165, 1.54) is 34.6 Å². The van der Waals surface area contributed by atoms with Crippen molar-refractivity contribution >= 4 is 23.6 Å². The van der Waals surface area contributed by atoms with Gasteiger partial charge in [0.05, 0.1) is 16.1 Å². The standard InChI is InChI=1S/C30H24ClN3O3/c1-19-22(4-2-5-24(19)25-6-3-7-28-26(25)8-9-34-28)18-37-30-12-29(23(16-35)11-27(30)31)36-17-21-10-20(13-32)14-33-15-21/h2-7,10-12,14-16,34H,8-9,17-18H2,1H3. The van der Waals surface area contributed by atoms with Gasteiger partial charge in [0.2, 0.25) is 0 Å². The molecule has 1 aliphatic heterocycles. The quantitative estimate of drug-likeness (QED) is 0.272. The molecular formula is C30H24ClN3O3. The highest BCUT2D eigenvalue weighted by Gasteiger charge is 2.17. The highest BCUT2D eigenvalue weighted by atomic mass is 35.5. The fourth-order valence-corrected chi connectivity index (χ4v) is 4.78. The van der Waals surface area contributed by atoms with Crippen molar-refractivity contribution in [3.8, 4) is 28.7 Å². The molecule has 0 saturated heterocycles. The van der Waals surface area contributed by atoms with Crippen LogP contribution in [0.15, 0.2) is 67.0 Å². The van der Waals surface area contributed by atoms with Crippen molar-refractivity contribution < 1.29 is 14.3 Å². The fourth-order valence-electron chi connectivity index (χ4n) is 4.55. The molecule has 0 spiro atoms. The van der Waals surface area contributed by atoms with Crippen LogP contribution in [0.4, 0.5) is 5.69 Å². The second-order valence-electron chi connectivity index (χ2n) is 8.81. The minimum atomic E-state index is 0.141. The summed E-state index contributed by atoms with van der Waals surface area (Å²) in [7, 11) is 0. The van der Waals surface area contributed by atoms with Crippen molar-refractivity contribution in [2.45, 2.75) is 26.6 Å². The average molecular weight is 510 g/mol. The van der Waals surface area contributed by atoms with Crippen molar-refractivity contribution in [3.05, 3.63) is 105 Å². The lowest BCUT2D eigenvalue weighted by molar-refractivity contribution is 0.111. The van der Waals surface area contributed by atoms with E-state index in [-0.39, 0.29) is 6.61 Å². The van der Waals surface area contributed by atoms with E-state index >= 15 is 0 Å². The summed E-state index contributed by atoms with van der Waals surface area (Å²) in [6.45, 7) is 3.50. The van der Waals surface area contributed by atoms with E-state index in [1.807, 2.05) is 12.1 Å². The monoisotopic (exact) mass is 509 g/mol. The molecule has 184 valence electrons. The SMILES string of the molecule is Cc1c(COc2cc(OCc3cncc(C#N)c3)c(C=O)cc2Cl)cccc1-c1cccc2c1CCN2. The number of nitrogens with zero attached hydrogens (tertiary/aromatic N) is 2. The van der Waals surface area contributed by atoms with Crippen molar-refractivity contribution in [1.82, 2.24) is 4.98 Å². The average Bonchev–Trinajstić information content (AvgIpc) is 3.41. The van der Waals surface area contributed by atoms with Gasteiger partial charge in [-0.1, -0.05) is 41.9 Å². The zero-order valence-electron chi connectivity index (χ0n) is 20.3. The second-order valence-corrected chi connectivity index (χ2v) is 9.21. The number of rotatable bonds is 8. The van der Waals surface area contributed by atoms with E-state index in [0.717, 1.165) is 24.1 Å². The van der Waals surface area contributed by atoms with Gasteiger partial charge in [-0.15, -0.1) is 0 Å². The van der Waals surface area contributed by atoms with Gasteiger partial charge >= 0.3 is 0 Å². The first-order valence-corrected chi connectivity index (χ1v) is 12.3. The Labute approximate surface area is 220 Å². The van der Waals surface area contributed by atoms with E-state index < -0.39 is 0 Å². The molecule has 0 radical (unpaired) electrons. The third kappa shape index (κ3) is 5.13. The number of carbonyl (C=O) groups is 1. The molecule has 0 fully saturated rings. The summed E-state index contributed by atoms with van der Waals surface area (Å²) in [5.41, 5.74) is 8.60. The first kappa shape index (κ1) is 24.4. The molecular weight excluding hydrogens is 486 g/mol. The Bertz CT molecular complexity index is 1530. The fraction of sp³-hybridized carbons (Fsp3) is 0.167. The predicted octanol–water partition coefficient (Wildman–Crippen LogP) is 6.52. The van der Waals surface area contributed by atoms with Gasteiger partial charge in [-0.2, -0.15) is 5.26 Å². The summed E-state index contributed by atoms with van der Waals surface area (Å²) in [6.07, 6.45) is 4.79. The highest BCUT2D eigenvalue weighted by Crippen LogP contribution is 2.37. The Morgan fingerprint density at radius 2 is 1.86 bits per heavy atom. The van der Waals surface area contributed by atoms with Crippen LogP contribution in [0.1, 0.15) is 38.2 Å². The van der Waals surface area contributed by atoms with Gasteiger partial charge in [-0.3, -0.25) is 9.78 Å². The maximum absolute atomic E-state index is 11.6. The summed E-state index contributed by atoms with van der Waals surface area (Å²) >= 11 is 6.44. The molecule has 0 amide bonds. The van der Waals surface area contributed by atoms with E-state index in [2.05, 4.69) is 47.6 Å². The summed E-state index contributed by atoms with van der Waals surface area (Å²) < 4.78 is 12.0. The molecule has 0 unspecified atom stereocenters. The number of nitriles is 1. The minimum Gasteiger partial charge on any atom is -0.488 e. The van der Waals surface area contributed by atoms with Crippen molar-refractivity contribution in [3.63, 3.8) is 0 Å². The molecule has 5 rings (SSSR count). The number of hydrogen-bond acceptors (Lipinski definition) is 6. The smallest absolute Gasteiger partial charge is 0.153 e. The Kier molecular flexibility index (Phi) is 7.07. The van der Waals surface area contributed by atoms with Gasteiger partial charge in [0.1, 0.15) is 30.8 Å². The Morgan fingerprint density at radius 1 is 1.05 bits per heavy atom. The number of aldehydes is 1. The molecule has 1 N–H and O–H groups in total. The number of benzene rings is 3. The normalized spacial score (nSPS) is 11.8. The summed E-state index contributed by atoms with van der Waals surface area (Å²) in [6, 6.07) is 19.5. The van der Waals surface area contributed by atoms with E-state index in [1.54, 1.807) is 18.3 Å². The Hall–Kier alpha value is -4.34. The topological polar surface area (TPSA) is 84.2 Å². The van der Waals surface area contributed by atoms with Crippen LogP contribution in [-0.4, -0.2) is 17.8 Å². The van der Waals surface area contributed by atoms with Gasteiger partial charge < -0.3 is 14.8 Å². The van der Waals surface area contributed by atoms with Gasteiger partial charge in [-0.25, -0.2) is 0 Å². The van der Waals surface area contributed by atoms with Crippen LogP contribution in [0, 0.1) is 18.3 Å². The summed E-state index contributed by atoms with van der Waals surface area (Å²) in [5.74, 6) is 0.760. The Balaban J connectivity index is 1.36. The third-order valence-electron chi connectivity index (χ3n) is 6.50. The van der Waals surface area contributed by atoms with E-state index in [9.17, 15) is 4.79 Å². The molecule has 0 saturated carbocycles. The number of halogens is 1. The molecule has 0 aliphatic carbocycles. The van der Waals surface area contributed by atoms with E-state index in [0.29, 0.717) is 46.1 Å². The predicted molar refractivity (Wildman–Crippen MR) is 143 cm³/mol. The van der Waals surface area contributed by atoms with Crippen LogP contribution >= 0.6 is 11.6 Å². The largest absolute Gasteiger partial charge is 0.488 e. The first-order valence-electron chi connectivity index (χ1n) is 11.9. The van der Waals surface area contributed by atoms with Crippen molar-refractivity contribution in [2.24, 2.45) is 0 Å². The lowest BCUT2D eigenvalue weighted by Crippen LogP contribution is -2.03. The third-order valence-corrected chi connectivity index (χ3v) is 6.79. The zero-order chi connectivity index (χ0) is 25.8. The first-order chi connectivity index (χ1) is 18.1. The van der Waals surface area contributed by atoms with Crippen LogP contribution in [-0.2, 0) is 19.6 Å². The number of aromatic nitrogens is 1. The van der Waals surface area contributed by atoms with Crippen LogP contribution in [0.2, 0.25) is 5.02 Å². The maximum Gasteiger partial charge on any atom is 0.153 e. The number of anilines is 1. The van der Waals surface area contributed by atoms with Crippen LogP contribution in [0.25, 0.3) is 11.1 Å². The lowest BCUT2D eigenvalue weighted by atomic mass is 9.92. The molecule has 0 atom stereocenters. The lowest BCUT2D eigenvalue weighted by Gasteiger charge is -2.16. The molecule has 3 aromatic carbocycles. The molecule has 37 heavy (non-hydrogen) atoms. The second kappa shape index (κ2) is 10.7. The number of nitrogens with one attached hydrogen (secondary N) is 1. The number of ether oxygens (including phenoxy) is 2. The summed E-state index contributed by atoms with van der Waals surface area (Å²) in [4.78, 5) is 15.7. The van der Waals surface area contributed by atoms with Crippen molar-refractivity contribution in [2.75, 3.05) is 11.9 Å². The minimum absolute atomic E-state index is 0.141. The molecule has 7 heteroatoms. The van der Waals surface area contributed by atoms with E-state index in [4.69, 9.17) is 26.3 Å². The van der Waals surface area contributed by atoms with Crippen LogP contribution in [0.3, 0.4) is 0 Å². The molecule has 0 bridgehead atoms. The van der Waals surface area contributed by atoms with Gasteiger partial charge in [0.15, 0.2) is 6.29 Å². The Morgan fingerprint density at radius 3 is 2.70 bits per heavy atom. The summed E-state index contributed by atoms with van der Waals surface area (Å²) in [5, 5.41) is 12.8. The maximum atomic E-state index is 11.6. The number of hydrogen-bond donors (Lipinski definition) is 1. The van der Waals surface area contributed by atoms with Crippen LogP contribution in [0.5, 0.6) is 11.5 Å². The number of pyridine rings is 1. The van der Waals surface area contributed by atoms with Crippen molar-refractivity contribution in [1.29, 1.82) is 5.26 Å². The molecule has 1 aliphatic rings. The van der Waals surface area contributed by atoms with Gasteiger partial charge in [0, 0.05) is 36.3 Å².